The van der Waals surface area contributed by atoms with Crippen LogP contribution in [0.1, 0.15) is 15.9 Å². The Bertz CT molecular complexity index is 558. The highest BCUT2D eigenvalue weighted by Crippen LogP contribution is 2.08. The predicted octanol–water partition coefficient (Wildman–Crippen LogP) is 0.197. The fourth-order valence-corrected chi connectivity index (χ4v) is 2.56. The Morgan fingerprint density at radius 1 is 1.24 bits per heavy atom. The van der Waals surface area contributed by atoms with Gasteiger partial charge < -0.3 is 15.4 Å². The number of carbonyl (C=O) groups excluding carboxylic acids is 1. The Labute approximate surface area is 125 Å². The standard InChI is InChI=1S/C14H22N2O4S/c1-20-9-8-15-6-7-16-14(17)13-5-3-4-12(10-13)11-21(2,18)19/h3-5,10,15H,6-9,11H2,1-2H3,(H,16,17). The third-order valence-electron chi connectivity index (χ3n) is 2.69. The van der Waals surface area contributed by atoms with Crippen LogP contribution in [0.5, 0.6) is 0 Å². The summed E-state index contributed by atoms with van der Waals surface area (Å²) in [6.45, 7) is 2.51. The first kappa shape index (κ1) is 17.6. The van der Waals surface area contributed by atoms with Gasteiger partial charge in [-0.3, -0.25) is 4.79 Å². The molecule has 0 aliphatic carbocycles. The van der Waals surface area contributed by atoms with E-state index in [4.69, 9.17) is 4.74 Å². The van der Waals surface area contributed by atoms with Gasteiger partial charge in [-0.05, 0) is 17.7 Å². The molecule has 0 spiro atoms. The molecule has 1 rings (SSSR count). The highest BCUT2D eigenvalue weighted by molar-refractivity contribution is 7.89. The minimum absolute atomic E-state index is 0.0628. The second-order valence-corrected chi connectivity index (χ2v) is 6.91. The average molecular weight is 314 g/mol. The molecule has 0 unspecified atom stereocenters. The molecule has 1 aromatic carbocycles. The van der Waals surface area contributed by atoms with Crippen LogP contribution in [0.2, 0.25) is 0 Å². The third-order valence-corrected chi connectivity index (χ3v) is 3.55. The van der Waals surface area contributed by atoms with Crippen molar-refractivity contribution in [2.75, 3.05) is 39.6 Å². The molecule has 0 aliphatic rings. The zero-order valence-electron chi connectivity index (χ0n) is 12.4. The lowest BCUT2D eigenvalue weighted by Gasteiger charge is -2.08. The summed E-state index contributed by atoms with van der Waals surface area (Å²) < 4.78 is 27.4. The first-order chi connectivity index (χ1) is 9.92. The third kappa shape index (κ3) is 7.79. The first-order valence-electron chi connectivity index (χ1n) is 6.67. The number of rotatable bonds is 9. The van der Waals surface area contributed by atoms with Crippen LogP contribution in [0.25, 0.3) is 0 Å². The second-order valence-electron chi connectivity index (χ2n) is 4.77. The molecule has 118 valence electrons. The van der Waals surface area contributed by atoms with E-state index in [9.17, 15) is 13.2 Å². The number of ether oxygens (including phenoxy) is 1. The number of benzene rings is 1. The number of sulfone groups is 1. The molecular weight excluding hydrogens is 292 g/mol. The van der Waals surface area contributed by atoms with Crippen molar-refractivity contribution >= 4 is 15.7 Å². The van der Waals surface area contributed by atoms with Crippen LogP contribution in [-0.2, 0) is 20.3 Å². The van der Waals surface area contributed by atoms with E-state index >= 15 is 0 Å². The van der Waals surface area contributed by atoms with E-state index in [1.807, 2.05) is 0 Å². The maximum atomic E-state index is 11.9. The van der Waals surface area contributed by atoms with Crippen LogP contribution in [0, 0.1) is 0 Å². The second kappa shape index (κ2) is 8.76. The zero-order valence-corrected chi connectivity index (χ0v) is 13.2. The fraction of sp³-hybridized carbons (Fsp3) is 0.500. The average Bonchev–Trinajstić information content (AvgIpc) is 2.41. The number of hydrogen-bond acceptors (Lipinski definition) is 5. The Hall–Kier alpha value is -1.44. The minimum atomic E-state index is -3.10. The molecule has 1 amide bonds. The van der Waals surface area contributed by atoms with E-state index in [0.29, 0.717) is 30.8 Å². The van der Waals surface area contributed by atoms with Crippen molar-refractivity contribution < 1.29 is 17.9 Å². The number of amides is 1. The van der Waals surface area contributed by atoms with Crippen LogP contribution in [0.4, 0.5) is 0 Å². The van der Waals surface area contributed by atoms with E-state index in [-0.39, 0.29) is 11.7 Å². The molecule has 0 bridgehead atoms. The summed E-state index contributed by atoms with van der Waals surface area (Å²) >= 11 is 0. The van der Waals surface area contributed by atoms with E-state index in [1.165, 1.54) is 6.26 Å². The molecule has 0 aromatic heterocycles. The zero-order chi connectivity index (χ0) is 15.7. The Kier molecular flexibility index (Phi) is 7.35. The van der Waals surface area contributed by atoms with Crippen LogP contribution >= 0.6 is 0 Å². The lowest BCUT2D eigenvalue weighted by Crippen LogP contribution is -2.33. The Balaban J connectivity index is 2.45. The summed E-state index contributed by atoms with van der Waals surface area (Å²) in [6.07, 6.45) is 1.17. The molecule has 0 fully saturated rings. The van der Waals surface area contributed by atoms with Crippen molar-refractivity contribution in [3.05, 3.63) is 35.4 Å². The molecule has 21 heavy (non-hydrogen) atoms. The Morgan fingerprint density at radius 3 is 2.67 bits per heavy atom. The Morgan fingerprint density at radius 2 is 2.00 bits per heavy atom. The molecule has 0 saturated carbocycles. The van der Waals surface area contributed by atoms with Crippen LogP contribution < -0.4 is 10.6 Å². The van der Waals surface area contributed by atoms with Gasteiger partial charge in [-0.2, -0.15) is 0 Å². The molecule has 0 atom stereocenters. The lowest BCUT2D eigenvalue weighted by molar-refractivity contribution is 0.0953. The fourth-order valence-electron chi connectivity index (χ4n) is 1.77. The maximum absolute atomic E-state index is 11.9. The number of nitrogens with one attached hydrogen (secondary N) is 2. The number of carbonyl (C=O) groups is 1. The molecule has 0 heterocycles. The summed E-state index contributed by atoms with van der Waals surface area (Å²) in [5, 5.41) is 5.89. The van der Waals surface area contributed by atoms with Gasteiger partial charge in [0, 0.05) is 38.6 Å². The van der Waals surface area contributed by atoms with Crippen molar-refractivity contribution in [1.29, 1.82) is 0 Å². The molecule has 7 heteroatoms. The van der Waals surface area contributed by atoms with Gasteiger partial charge in [0.2, 0.25) is 0 Å². The van der Waals surface area contributed by atoms with Crippen LogP contribution in [0.15, 0.2) is 24.3 Å². The van der Waals surface area contributed by atoms with Gasteiger partial charge in [0.05, 0.1) is 12.4 Å². The quantitative estimate of drug-likeness (QED) is 0.636. The topological polar surface area (TPSA) is 84.5 Å². The predicted molar refractivity (Wildman–Crippen MR) is 82.1 cm³/mol. The summed E-state index contributed by atoms with van der Waals surface area (Å²) in [4.78, 5) is 11.9. The highest BCUT2D eigenvalue weighted by atomic mass is 32.2. The first-order valence-corrected chi connectivity index (χ1v) is 8.73. The normalized spacial score (nSPS) is 11.3. The van der Waals surface area contributed by atoms with Gasteiger partial charge in [0.25, 0.3) is 5.91 Å². The summed E-state index contributed by atoms with van der Waals surface area (Å²) in [5.74, 6) is -0.272. The van der Waals surface area contributed by atoms with Crippen molar-refractivity contribution in [2.24, 2.45) is 0 Å². The van der Waals surface area contributed by atoms with E-state index in [1.54, 1.807) is 31.4 Å². The molecule has 1 aromatic rings. The molecule has 0 saturated heterocycles. The molecule has 0 radical (unpaired) electrons. The van der Waals surface area contributed by atoms with Crippen molar-refractivity contribution in [3.63, 3.8) is 0 Å². The van der Waals surface area contributed by atoms with Gasteiger partial charge in [0.1, 0.15) is 0 Å². The number of hydrogen-bond donors (Lipinski definition) is 2. The van der Waals surface area contributed by atoms with Gasteiger partial charge in [-0.15, -0.1) is 0 Å². The van der Waals surface area contributed by atoms with Gasteiger partial charge in [0.15, 0.2) is 9.84 Å². The minimum Gasteiger partial charge on any atom is -0.383 e. The van der Waals surface area contributed by atoms with Gasteiger partial charge >= 0.3 is 0 Å². The van der Waals surface area contributed by atoms with Crippen LogP contribution in [-0.4, -0.2) is 53.9 Å². The summed E-state index contributed by atoms with van der Waals surface area (Å²) in [5.41, 5.74) is 1.08. The largest absolute Gasteiger partial charge is 0.383 e. The SMILES string of the molecule is COCCNCCNC(=O)c1cccc(CS(C)(=O)=O)c1. The summed E-state index contributed by atoms with van der Waals surface area (Å²) in [7, 11) is -1.47. The van der Waals surface area contributed by atoms with E-state index in [0.717, 1.165) is 6.54 Å². The molecular formula is C14H22N2O4S. The van der Waals surface area contributed by atoms with Crippen LogP contribution in [0.3, 0.4) is 0 Å². The van der Waals surface area contributed by atoms with Gasteiger partial charge in [-0.1, -0.05) is 12.1 Å². The smallest absolute Gasteiger partial charge is 0.251 e. The number of methoxy groups -OCH3 is 1. The molecule has 2 N–H and O–H groups in total. The van der Waals surface area contributed by atoms with Crippen molar-refractivity contribution in [2.45, 2.75) is 5.75 Å². The van der Waals surface area contributed by atoms with Crippen molar-refractivity contribution in [1.82, 2.24) is 10.6 Å². The molecule has 0 aliphatic heterocycles. The monoisotopic (exact) mass is 314 g/mol. The highest BCUT2D eigenvalue weighted by Gasteiger charge is 2.08. The van der Waals surface area contributed by atoms with Crippen molar-refractivity contribution in [3.8, 4) is 0 Å². The van der Waals surface area contributed by atoms with E-state index < -0.39 is 9.84 Å². The maximum Gasteiger partial charge on any atom is 0.251 e. The lowest BCUT2D eigenvalue weighted by atomic mass is 10.1. The summed E-state index contributed by atoms with van der Waals surface area (Å²) in [6, 6.07) is 6.66. The molecule has 6 nitrogen and oxygen atoms in total. The van der Waals surface area contributed by atoms with Gasteiger partial charge in [-0.25, -0.2) is 8.42 Å². The van der Waals surface area contributed by atoms with E-state index in [2.05, 4.69) is 10.6 Å².